The van der Waals surface area contributed by atoms with Crippen LogP contribution in [-0.4, -0.2) is 67.3 Å². The van der Waals surface area contributed by atoms with E-state index < -0.39 is 31.1 Å². The Morgan fingerprint density at radius 1 is 1.50 bits per heavy atom. The molecular formula is C8H11NO5S2. The first-order valence-electron chi connectivity index (χ1n) is 4.67. The molecule has 0 aromatic rings. The Kier molecular flexibility index (Phi) is 3.48. The van der Waals surface area contributed by atoms with Gasteiger partial charge in [0, 0.05) is 0 Å². The smallest absolute Gasteiger partial charge is 0.240 e. The first-order valence-corrected chi connectivity index (χ1v) is 6.07. The van der Waals surface area contributed by atoms with Gasteiger partial charge in [0.25, 0.3) is 0 Å². The van der Waals surface area contributed by atoms with E-state index >= 15 is 0 Å². The molecule has 0 saturated carbocycles. The van der Waals surface area contributed by atoms with Gasteiger partial charge in [-0.1, -0.05) is 24.0 Å². The fourth-order valence-corrected chi connectivity index (χ4v) is 2.82. The number of thioether (sulfide) groups is 1. The number of amides is 1. The summed E-state index contributed by atoms with van der Waals surface area (Å²) >= 11 is 6.14. The maximum atomic E-state index is 11.5. The lowest BCUT2D eigenvalue weighted by Gasteiger charge is -2.24. The monoisotopic (exact) mass is 265 g/mol. The SMILES string of the molecule is O=C1CSC(=S)N1C1OC(CO)C(O)C1O. The Morgan fingerprint density at radius 2 is 2.19 bits per heavy atom. The second-order valence-corrected chi connectivity index (χ2v) is 5.16. The molecule has 8 heteroatoms. The Labute approximate surface area is 101 Å². The predicted octanol–water partition coefficient (Wildman–Crippen LogP) is -1.71. The number of aliphatic hydroxyl groups excluding tert-OH is 3. The van der Waals surface area contributed by atoms with Gasteiger partial charge in [0.1, 0.15) is 22.6 Å². The lowest BCUT2D eigenvalue weighted by molar-refractivity contribution is -0.138. The van der Waals surface area contributed by atoms with Gasteiger partial charge >= 0.3 is 0 Å². The van der Waals surface area contributed by atoms with Gasteiger partial charge in [-0.2, -0.15) is 0 Å². The van der Waals surface area contributed by atoms with Crippen LogP contribution in [0.2, 0.25) is 0 Å². The molecule has 6 nitrogen and oxygen atoms in total. The van der Waals surface area contributed by atoms with Crippen LogP contribution in [0.5, 0.6) is 0 Å². The number of hydrogen-bond acceptors (Lipinski definition) is 7. The normalized spacial score (nSPS) is 39.8. The van der Waals surface area contributed by atoms with E-state index in [2.05, 4.69) is 0 Å². The Bertz CT molecular complexity index is 310. The summed E-state index contributed by atoms with van der Waals surface area (Å²) in [5.41, 5.74) is 0. The average molecular weight is 265 g/mol. The fraction of sp³-hybridized carbons (Fsp3) is 0.750. The molecule has 0 bridgehead atoms. The summed E-state index contributed by atoms with van der Waals surface area (Å²) in [4.78, 5) is 12.7. The zero-order valence-corrected chi connectivity index (χ0v) is 9.78. The van der Waals surface area contributed by atoms with E-state index in [9.17, 15) is 15.0 Å². The number of thiocarbonyl (C=S) groups is 1. The molecule has 2 aliphatic rings. The molecule has 1 amide bonds. The van der Waals surface area contributed by atoms with Crippen LogP contribution in [0.4, 0.5) is 0 Å². The third-order valence-electron chi connectivity index (χ3n) is 2.56. The van der Waals surface area contributed by atoms with Crippen molar-refractivity contribution < 1.29 is 24.9 Å². The standard InChI is InChI=1S/C8H11NO5S2/c10-1-3-5(12)6(13)7(14-3)9-4(11)2-16-8(9)15/h3,5-7,10,12-13H,1-2H2. The predicted molar refractivity (Wildman–Crippen MR) is 59.7 cm³/mol. The van der Waals surface area contributed by atoms with Crippen LogP contribution in [0, 0.1) is 0 Å². The highest BCUT2D eigenvalue weighted by atomic mass is 32.2. The van der Waals surface area contributed by atoms with Crippen LogP contribution >= 0.6 is 24.0 Å². The van der Waals surface area contributed by atoms with Gasteiger partial charge in [-0.25, -0.2) is 0 Å². The molecule has 0 radical (unpaired) electrons. The van der Waals surface area contributed by atoms with E-state index in [1.54, 1.807) is 0 Å². The minimum absolute atomic E-state index is 0.214. The highest BCUT2D eigenvalue weighted by molar-refractivity contribution is 8.23. The molecule has 0 aromatic heterocycles. The number of rotatable bonds is 2. The van der Waals surface area contributed by atoms with E-state index in [4.69, 9.17) is 22.1 Å². The van der Waals surface area contributed by atoms with Crippen molar-refractivity contribution in [3.05, 3.63) is 0 Å². The second kappa shape index (κ2) is 4.55. The number of hydrogen-bond donors (Lipinski definition) is 3. The summed E-state index contributed by atoms with van der Waals surface area (Å²) < 4.78 is 5.53. The van der Waals surface area contributed by atoms with Crippen LogP contribution < -0.4 is 0 Å². The van der Waals surface area contributed by atoms with Crippen LogP contribution in [0.3, 0.4) is 0 Å². The van der Waals surface area contributed by atoms with E-state index in [1.165, 1.54) is 11.8 Å². The van der Waals surface area contributed by atoms with Gasteiger partial charge in [-0.05, 0) is 0 Å². The van der Waals surface area contributed by atoms with Crippen LogP contribution in [0.1, 0.15) is 0 Å². The van der Waals surface area contributed by atoms with Crippen molar-refractivity contribution in [1.82, 2.24) is 4.90 Å². The van der Waals surface area contributed by atoms with Crippen LogP contribution in [0.25, 0.3) is 0 Å². The summed E-state index contributed by atoms with van der Waals surface area (Å²) in [7, 11) is 0. The molecule has 4 unspecified atom stereocenters. The number of ether oxygens (including phenoxy) is 1. The molecule has 4 atom stereocenters. The minimum atomic E-state index is -1.25. The third-order valence-corrected chi connectivity index (χ3v) is 3.94. The molecule has 0 spiro atoms. The summed E-state index contributed by atoms with van der Waals surface area (Å²) in [6.45, 7) is -0.420. The average Bonchev–Trinajstić information content (AvgIpc) is 2.72. The molecule has 2 fully saturated rings. The van der Waals surface area contributed by atoms with Crippen molar-refractivity contribution in [1.29, 1.82) is 0 Å². The summed E-state index contributed by atoms with van der Waals surface area (Å²) in [6, 6.07) is 0. The Morgan fingerprint density at radius 3 is 2.62 bits per heavy atom. The molecule has 2 saturated heterocycles. The van der Waals surface area contributed by atoms with Crippen LogP contribution in [0.15, 0.2) is 0 Å². The molecule has 2 heterocycles. The van der Waals surface area contributed by atoms with Crippen molar-refractivity contribution in [3.8, 4) is 0 Å². The number of nitrogens with zero attached hydrogens (tertiary/aromatic N) is 1. The zero-order valence-electron chi connectivity index (χ0n) is 8.15. The highest BCUT2D eigenvalue weighted by Crippen LogP contribution is 2.30. The molecule has 90 valence electrons. The van der Waals surface area contributed by atoms with E-state index in [1.807, 2.05) is 0 Å². The van der Waals surface area contributed by atoms with Crippen molar-refractivity contribution >= 4 is 34.2 Å². The first kappa shape index (κ1) is 12.2. The lowest BCUT2D eigenvalue weighted by Crippen LogP contribution is -2.46. The van der Waals surface area contributed by atoms with Gasteiger partial charge in [-0.3, -0.25) is 9.69 Å². The Balaban J connectivity index is 2.16. The summed E-state index contributed by atoms with van der Waals surface area (Å²) in [5, 5.41) is 28.2. The van der Waals surface area contributed by atoms with Gasteiger partial charge in [0.05, 0.1) is 12.4 Å². The largest absolute Gasteiger partial charge is 0.394 e. The number of carbonyl (C=O) groups excluding carboxylic acids is 1. The summed E-state index contributed by atoms with van der Waals surface area (Å²) in [6.07, 6.45) is -4.35. The van der Waals surface area contributed by atoms with Crippen molar-refractivity contribution in [2.45, 2.75) is 24.5 Å². The molecule has 2 rings (SSSR count). The van der Waals surface area contributed by atoms with E-state index in [0.29, 0.717) is 4.32 Å². The van der Waals surface area contributed by atoms with E-state index in [-0.39, 0.29) is 11.7 Å². The summed E-state index contributed by atoms with van der Waals surface area (Å²) in [5.74, 6) is -0.0458. The van der Waals surface area contributed by atoms with Crippen molar-refractivity contribution in [3.63, 3.8) is 0 Å². The maximum absolute atomic E-state index is 11.5. The Hall–Kier alpha value is -0.250. The molecule has 0 aromatic carbocycles. The first-order chi connectivity index (χ1) is 7.56. The van der Waals surface area contributed by atoms with Crippen molar-refractivity contribution in [2.75, 3.05) is 12.4 Å². The maximum Gasteiger partial charge on any atom is 0.240 e. The third kappa shape index (κ3) is 1.85. The van der Waals surface area contributed by atoms with Gasteiger partial charge < -0.3 is 20.1 Å². The molecule has 2 aliphatic heterocycles. The minimum Gasteiger partial charge on any atom is -0.394 e. The quantitative estimate of drug-likeness (QED) is 0.512. The van der Waals surface area contributed by atoms with Gasteiger partial charge in [0.2, 0.25) is 5.91 Å². The van der Waals surface area contributed by atoms with Crippen LogP contribution in [-0.2, 0) is 9.53 Å². The van der Waals surface area contributed by atoms with E-state index in [0.717, 1.165) is 4.90 Å². The second-order valence-electron chi connectivity index (χ2n) is 3.55. The molecular weight excluding hydrogens is 254 g/mol. The number of aliphatic hydroxyl groups is 3. The lowest BCUT2D eigenvalue weighted by atomic mass is 10.1. The fourth-order valence-electron chi connectivity index (χ4n) is 1.70. The highest BCUT2D eigenvalue weighted by Gasteiger charge is 2.49. The topological polar surface area (TPSA) is 90.2 Å². The zero-order chi connectivity index (χ0) is 11.9. The molecule has 3 N–H and O–H groups in total. The van der Waals surface area contributed by atoms with Gasteiger partial charge in [0.15, 0.2) is 6.23 Å². The molecule has 16 heavy (non-hydrogen) atoms. The molecule has 0 aliphatic carbocycles. The number of carbonyl (C=O) groups is 1. The van der Waals surface area contributed by atoms with Gasteiger partial charge in [-0.15, -0.1) is 0 Å². The van der Waals surface area contributed by atoms with Crippen molar-refractivity contribution in [2.24, 2.45) is 0 Å².